The molecule has 0 aliphatic heterocycles. The summed E-state index contributed by atoms with van der Waals surface area (Å²) >= 11 is 1.57. The molecule has 1 atom stereocenters. The van der Waals surface area contributed by atoms with Crippen molar-refractivity contribution in [3.05, 3.63) is 66.1 Å². The van der Waals surface area contributed by atoms with Gasteiger partial charge in [-0.05, 0) is 49.6 Å². The smallest absolute Gasteiger partial charge is 0.241 e. The third-order valence-electron chi connectivity index (χ3n) is 4.65. The number of hydrogen-bond donors (Lipinski definition) is 2. The molecule has 2 N–H and O–H groups in total. The van der Waals surface area contributed by atoms with E-state index < -0.39 is 16.1 Å². The highest BCUT2D eigenvalue weighted by molar-refractivity contribution is 7.98. The summed E-state index contributed by atoms with van der Waals surface area (Å²) in [6, 6.07) is 11.5. The summed E-state index contributed by atoms with van der Waals surface area (Å²) in [6.45, 7) is 2.27. The summed E-state index contributed by atoms with van der Waals surface area (Å²) in [5, 5.41) is 2.84. The molecular weight excluding hydrogens is 420 g/mol. The molecule has 0 aliphatic carbocycles. The van der Waals surface area contributed by atoms with E-state index in [0.717, 1.165) is 16.9 Å². The number of nitrogens with one attached hydrogen (secondary N) is 2. The van der Waals surface area contributed by atoms with E-state index in [-0.39, 0.29) is 10.8 Å². The number of benzene rings is 1. The molecule has 30 heavy (non-hydrogen) atoms. The molecule has 0 spiro atoms. The fraction of sp³-hybridized carbons (Fsp3) is 0.333. The monoisotopic (exact) mass is 446 g/mol. The first kappa shape index (κ1) is 22.3. The van der Waals surface area contributed by atoms with Gasteiger partial charge in [-0.15, -0.1) is 0 Å². The molecule has 3 aromatic rings. The van der Waals surface area contributed by atoms with Crippen molar-refractivity contribution < 1.29 is 13.2 Å². The Balaban J connectivity index is 1.62. The van der Waals surface area contributed by atoms with Crippen LogP contribution in [0.2, 0.25) is 0 Å². The molecule has 9 heteroatoms. The van der Waals surface area contributed by atoms with E-state index in [9.17, 15) is 13.2 Å². The molecule has 0 aliphatic rings. The number of hydrogen-bond acceptors (Lipinski definition) is 5. The average molecular weight is 447 g/mol. The number of nitrogens with zero attached hydrogens (tertiary/aromatic N) is 2. The lowest BCUT2D eigenvalue weighted by Crippen LogP contribution is -2.47. The van der Waals surface area contributed by atoms with Crippen LogP contribution in [0.4, 0.5) is 0 Å². The van der Waals surface area contributed by atoms with Gasteiger partial charge < -0.3 is 9.72 Å². The molecule has 7 nitrogen and oxygen atoms in total. The van der Waals surface area contributed by atoms with Gasteiger partial charge >= 0.3 is 0 Å². The molecule has 160 valence electrons. The average Bonchev–Trinajstić information content (AvgIpc) is 3.14. The molecule has 0 radical (unpaired) electrons. The van der Waals surface area contributed by atoms with Crippen molar-refractivity contribution in [2.45, 2.75) is 30.7 Å². The maximum Gasteiger partial charge on any atom is 0.241 e. The standard InChI is InChI=1S/C21H26N4O3S2/c1-16-6-8-18(9-7-16)30(27,28)24-19(11-14-29-2)21(26)22-12-10-17-15-25-13-4-3-5-20(25)23-17/h3-9,13,15,19,24H,10-12,14H2,1-2H3,(H,22,26). The zero-order valence-electron chi connectivity index (χ0n) is 17.0. The second kappa shape index (κ2) is 10.1. The Morgan fingerprint density at radius 2 is 1.97 bits per heavy atom. The van der Waals surface area contributed by atoms with Crippen molar-refractivity contribution in [1.82, 2.24) is 19.4 Å². The summed E-state index contributed by atoms with van der Waals surface area (Å²) in [6.07, 6.45) is 6.74. The molecule has 0 saturated carbocycles. The molecule has 3 rings (SSSR count). The number of carbonyl (C=O) groups is 1. The number of aromatic nitrogens is 2. The minimum atomic E-state index is -3.78. The summed E-state index contributed by atoms with van der Waals surface area (Å²) in [5.41, 5.74) is 2.68. The number of carbonyl (C=O) groups excluding carboxylic acids is 1. The Bertz CT molecular complexity index is 1060. The van der Waals surface area contributed by atoms with Gasteiger partial charge in [-0.3, -0.25) is 4.79 Å². The van der Waals surface area contributed by atoms with Crippen LogP contribution in [0.1, 0.15) is 17.7 Å². The van der Waals surface area contributed by atoms with E-state index in [4.69, 9.17) is 0 Å². The van der Waals surface area contributed by atoms with Gasteiger partial charge in [0.05, 0.1) is 10.6 Å². The number of aryl methyl sites for hydroxylation is 1. The molecule has 1 unspecified atom stereocenters. The van der Waals surface area contributed by atoms with E-state index in [2.05, 4.69) is 15.0 Å². The lowest BCUT2D eigenvalue weighted by Gasteiger charge is -2.18. The van der Waals surface area contributed by atoms with Crippen LogP contribution in [0, 0.1) is 6.92 Å². The summed E-state index contributed by atoms with van der Waals surface area (Å²) in [4.78, 5) is 17.4. The van der Waals surface area contributed by atoms with Gasteiger partial charge in [0.15, 0.2) is 0 Å². The van der Waals surface area contributed by atoms with Crippen molar-refractivity contribution in [2.24, 2.45) is 0 Å². The molecular formula is C21H26N4O3S2. The molecule has 2 aromatic heterocycles. The minimum Gasteiger partial charge on any atom is -0.354 e. The Labute approximate surface area is 181 Å². The summed E-state index contributed by atoms with van der Waals surface area (Å²) in [7, 11) is -3.78. The van der Waals surface area contributed by atoms with Crippen LogP contribution in [0.5, 0.6) is 0 Å². The van der Waals surface area contributed by atoms with Gasteiger partial charge in [0.2, 0.25) is 15.9 Å². The van der Waals surface area contributed by atoms with E-state index in [1.807, 2.05) is 48.2 Å². The highest BCUT2D eigenvalue weighted by Crippen LogP contribution is 2.12. The highest BCUT2D eigenvalue weighted by atomic mass is 32.2. The molecule has 1 amide bonds. The maximum absolute atomic E-state index is 12.7. The van der Waals surface area contributed by atoms with Crippen molar-refractivity contribution in [1.29, 1.82) is 0 Å². The Hall–Kier alpha value is -2.36. The fourth-order valence-corrected chi connectivity index (χ4v) is 4.70. The van der Waals surface area contributed by atoms with Crippen LogP contribution in [-0.4, -0.2) is 48.3 Å². The Morgan fingerprint density at radius 3 is 2.67 bits per heavy atom. The summed E-state index contributed by atoms with van der Waals surface area (Å²) < 4.78 is 29.9. The van der Waals surface area contributed by atoms with Gasteiger partial charge in [0.25, 0.3) is 0 Å². The van der Waals surface area contributed by atoms with E-state index in [1.165, 1.54) is 0 Å². The second-order valence-electron chi connectivity index (χ2n) is 7.01. The van der Waals surface area contributed by atoms with Crippen LogP contribution < -0.4 is 10.0 Å². The zero-order chi connectivity index (χ0) is 21.6. The Kier molecular flexibility index (Phi) is 7.52. The van der Waals surface area contributed by atoms with E-state index in [1.54, 1.807) is 36.0 Å². The minimum absolute atomic E-state index is 0.153. The fourth-order valence-electron chi connectivity index (χ4n) is 3.00. The van der Waals surface area contributed by atoms with Gasteiger partial charge in [-0.2, -0.15) is 16.5 Å². The van der Waals surface area contributed by atoms with Crippen LogP contribution in [0.25, 0.3) is 5.65 Å². The van der Waals surface area contributed by atoms with Crippen molar-refractivity contribution in [2.75, 3.05) is 18.6 Å². The number of rotatable bonds is 10. The molecule has 1 aromatic carbocycles. The second-order valence-corrected chi connectivity index (χ2v) is 9.71. The first-order valence-corrected chi connectivity index (χ1v) is 12.5. The van der Waals surface area contributed by atoms with Crippen LogP contribution in [-0.2, 0) is 21.2 Å². The van der Waals surface area contributed by atoms with Gasteiger partial charge in [-0.25, -0.2) is 13.4 Å². The number of fused-ring (bicyclic) bond motifs is 1. The predicted molar refractivity (Wildman–Crippen MR) is 120 cm³/mol. The van der Waals surface area contributed by atoms with Gasteiger partial charge in [-0.1, -0.05) is 23.8 Å². The molecule has 0 bridgehead atoms. The van der Waals surface area contributed by atoms with Crippen molar-refractivity contribution in [3.8, 4) is 0 Å². The van der Waals surface area contributed by atoms with Crippen LogP contribution in [0.15, 0.2) is 59.8 Å². The van der Waals surface area contributed by atoms with Crippen molar-refractivity contribution in [3.63, 3.8) is 0 Å². The first-order valence-electron chi connectivity index (χ1n) is 9.67. The highest BCUT2D eigenvalue weighted by Gasteiger charge is 2.25. The van der Waals surface area contributed by atoms with Gasteiger partial charge in [0, 0.05) is 25.4 Å². The van der Waals surface area contributed by atoms with Crippen LogP contribution in [0.3, 0.4) is 0 Å². The third kappa shape index (κ3) is 5.84. The number of amides is 1. The SMILES string of the molecule is CSCCC(NS(=O)(=O)c1ccc(C)cc1)C(=O)NCCc1cn2ccccc2n1. The quantitative estimate of drug-likeness (QED) is 0.499. The predicted octanol–water partition coefficient (Wildman–Crippen LogP) is 2.40. The van der Waals surface area contributed by atoms with E-state index >= 15 is 0 Å². The summed E-state index contributed by atoms with van der Waals surface area (Å²) in [5.74, 6) is 0.338. The normalized spacial score (nSPS) is 12.7. The molecule has 0 fully saturated rings. The molecule has 0 saturated heterocycles. The van der Waals surface area contributed by atoms with Crippen molar-refractivity contribution >= 4 is 33.3 Å². The molecule has 2 heterocycles. The first-order chi connectivity index (χ1) is 14.4. The van der Waals surface area contributed by atoms with E-state index in [0.29, 0.717) is 25.1 Å². The topological polar surface area (TPSA) is 92.6 Å². The Morgan fingerprint density at radius 1 is 1.20 bits per heavy atom. The maximum atomic E-state index is 12.7. The van der Waals surface area contributed by atoms with Gasteiger partial charge in [0.1, 0.15) is 11.7 Å². The third-order valence-corrected chi connectivity index (χ3v) is 6.78. The zero-order valence-corrected chi connectivity index (χ0v) is 18.7. The lowest BCUT2D eigenvalue weighted by molar-refractivity contribution is -0.122. The lowest BCUT2D eigenvalue weighted by atomic mass is 10.2. The largest absolute Gasteiger partial charge is 0.354 e. The number of thioether (sulfide) groups is 1. The van der Waals surface area contributed by atoms with Crippen LogP contribution >= 0.6 is 11.8 Å². The number of pyridine rings is 1. The number of imidazole rings is 1. The number of sulfonamides is 1.